The number of hydrogen-bond donors (Lipinski definition) is 1. The van der Waals surface area contributed by atoms with Gasteiger partial charge in [0.2, 0.25) is 5.28 Å². The highest BCUT2D eigenvalue weighted by Gasteiger charge is 2.21. The lowest BCUT2D eigenvalue weighted by Crippen LogP contribution is -2.37. The molecule has 0 saturated carbocycles. The molecule has 0 amide bonds. The van der Waals surface area contributed by atoms with Crippen LogP contribution in [-0.4, -0.2) is 22.6 Å². The molecule has 1 N–H and O–H groups in total. The van der Waals surface area contributed by atoms with Gasteiger partial charge in [-0.25, -0.2) is 9.37 Å². The lowest BCUT2D eigenvalue weighted by molar-refractivity contribution is 0.363. The summed E-state index contributed by atoms with van der Waals surface area (Å²) in [6.07, 6.45) is 1.80. The largest absolute Gasteiger partial charge is 0.315 e. The second-order valence-electron chi connectivity index (χ2n) is 4.69. The van der Waals surface area contributed by atoms with Crippen LogP contribution in [0.15, 0.2) is 23.0 Å². The van der Waals surface area contributed by atoms with E-state index in [4.69, 9.17) is 11.6 Å². The summed E-state index contributed by atoms with van der Waals surface area (Å²) < 4.78 is 15.2. The van der Waals surface area contributed by atoms with Crippen molar-refractivity contribution in [2.24, 2.45) is 0 Å². The van der Waals surface area contributed by atoms with Gasteiger partial charge in [0.1, 0.15) is 11.2 Å². The van der Waals surface area contributed by atoms with Crippen molar-refractivity contribution in [1.82, 2.24) is 14.9 Å². The first-order valence-corrected chi connectivity index (χ1v) is 6.63. The number of hydrogen-bond acceptors (Lipinski definition) is 3. The molecule has 2 heterocycles. The molecule has 0 bridgehead atoms. The van der Waals surface area contributed by atoms with Crippen molar-refractivity contribution in [3.63, 3.8) is 0 Å². The minimum Gasteiger partial charge on any atom is -0.315 e. The molecule has 1 unspecified atom stereocenters. The summed E-state index contributed by atoms with van der Waals surface area (Å²) >= 11 is 6.10. The molecule has 3 rings (SSSR count). The van der Waals surface area contributed by atoms with E-state index in [-0.39, 0.29) is 16.7 Å². The first kappa shape index (κ1) is 12.6. The first-order chi connectivity index (χ1) is 9.18. The maximum Gasteiger partial charge on any atom is 0.265 e. The highest BCUT2D eigenvalue weighted by Crippen LogP contribution is 2.21. The molecule has 1 fully saturated rings. The van der Waals surface area contributed by atoms with E-state index < -0.39 is 11.4 Å². The van der Waals surface area contributed by atoms with Gasteiger partial charge in [0.15, 0.2) is 0 Å². The summed E-state index contributed by atoms with van der Waals surface area (Å²) in [7, 11) is 0. The van der Waals surface area contributed by atoms with Crippen LogP contribution in [0.4, 0.5) is 4.39 Å². The summed E-state index contributed by atoms with van der Waals surface area (Å²) in [5, 5.41) is 3.34. The second kappa shape index (κ2) is 4.90. The Morgan fingerprint density at radius 2 is 2.32 bits per heavy atom. The Bertz CT molecular complexity index is 679. The number of nitrogens with zero attached hydrogens (tertiary/aromatic N) is 2. The van der Waals surface area contributed by atoms with E-state index in [1.54, 1.807) is 6.07 Å². The molecule has 1 aromatic carbocycles. The van der Waals surface area contributed by atoms with E-state index in [1.807, 2.05) is 0 Å². The Hall–Kier alpha value is -1.46. The lowest BCUT2D eigenvalue weighted by Gasteiger charge is -2.25. The zero-order chi connectivity index (χ0) is 13.4. The summed E-state index contributed by atoms with van der Waals surface area (Å²) in [6.45, 7) is 1.58. The fourth-order valence-corrected chi connectivity index (χ4v) is 2.85. The standard InChI is InChI=1S/C13H13ClFN3O/c14-13-17-10-5-1-4-9(15)11(10)12(19)18(13)8-3-2-6-16-7-8/h1,4-5,8,16H,2-3,6-7H2. The third kappa shape index (κ3) is 2.13. The smallest absolute Gasteiger partial charge is 0.265 e. The third-order valence-electron chi connectivity index (χ3n) is 3.47. The number of fused-ring (bicyclic) bond motifs is 1. The Kier molecular flexibility index (Phi) is 3.24. The van der Waals surface area contributed by atoms with Crippen LogP contribution in [0.2, 0.25) is 5.28 Å². The van der Waals surface area contributed by atoms with Crippen molar-refractivity contribution in [3.8, 4) is 0 Å². The van der Waals surface area contributed by atoms with Crippen molar-refractivity contribution in [3.05, 3.63) is 39.7 Å². The highest BCUT2D eigenvalue weighted by atomic mass is 35.5. The molecule has 1 saturated heterocycles. The molecule has 1 atom stereocenters. The summed E-state index contributed by atoms with van der Waals surface area (Å²) in [4.78, 5) is 16.6. The van der Waals surface area contributed by atoms with Crippen LogP contribution in [0.5, 0.6) is 0 Å². The van der Waals surface area contributed by atoms with Crippen molar-refractivity contribution in [2.75, 3.05) is 13.1 Å². The molecule has 0 spiro atoms. The van der Waals surface area contributed by atoms with Gasteiger partial charge in [-0.2, -0.15) is 0 Å². The van der Waals surface area contributed by atoms with E-state index >= 15 is 0 Å². The van der Waals surface area contributed by atoms with Crippen LogP contribution in [-0.2, 0) is 0 Å². The minimum absolute atomic E-state index is 0.0115. The van der Waals surface area contributed by atoms with Gasteiger partial charge in [0, 0.05) is 6.54 Å². The predicted octanol–water partition coefficient (Wildman–Crippen LogP) is 2.11. The Balaban J connectivity index is 2.24. The van der Waals surface area contributed by atoms with Crippen LogP contribution in [0.1, 0.15) is 18.9 Å². The summed E-state index contributed by atoms with van der Waals surface area (Å²) in [5.74, 6) is -0.552. The monoisotopic (exact) mass is 281 g/mol. The summed E-state index contributed by atoms with van der Waals surface area (Å²) in [5.41, 5.74) is -0.100. The van der Waals surface area contributed by atoms with Crippen LogP contribution in [0.3, 0.4) is 0 Å². The Morgan fingerprint density at radius 3 is 3.05 bits per heavy atom. The van der Waals surface area contributed by atoms with Crippen molar-refractivity contribution < 1.29 is 4.39 Å². The van der Waals surface area contributed by atoms with Gasteiger partial charge < -0.3 is 5.32 Å². The number of nitrogens with one attached hydrogen (secondary N) is 1. The quantitative estimate of drug-likeness (QED) is 0.815. The SMILES string of the molecule is O=c1c2c(F)cccc2nc(Cl)n1C1CCCNC1. The normalized spacial score (nSPS) is 19.8. The lowest BCUT2D eigenvalue weighted by atomic mass is 10.1. The van der Waals surface area contributed by atoms with Crippen LogP contribution >= 0.6 is 11.6 Å². The molecular weight excluding hydrogens is 269 g/mol. The van der Waals surface area contributed by atoms with Crippen molar-refractivity contribution >= 4 is 22.5 Å². The second-order valence-corrected chi connectivity index (χ2v) is 5.03. The van der Waals surface area contributed by atoms with Crippen LogP contribution in [0, 0.1) is 5.82 Å². The number of rotatable bonds is 1. The molecule has 2 aromatic rings. The minimum atomic E-state index is -0.552. The van der Waals surface area contributed by atoms with Gasteiger partial charge in [-0.1, -0.05) is 6.07 Å². The average Bonchev–Trinajstić information content (AvgIpc) is 2.39. The van der Waals surface area contributed by atoms with E-state index in [2.05, 4.69) is 10.3 Å². The Labute approximate surface area is 114 Å². The van der Waals surface area contributed by atoms with Gasteiger partial charge >= 0.3 is 0 Å². The Morgan fingerprint density at radius 1 is 1.47 bits per heavy atom. The fourth-order valence-electron chi connectivity index (χ4n) is 2.55. The zero-order valence-electron chi connectivity index (χ0n) is 10.2. The molecule has 0 radical (unpaired) electrons. The third-order valence-corrected chi connectivity index (χ3v) is 3.74. The highest BCUT2D eigenvalue weighted by molar-refractivity contribution is 6.28. The van der Waals surface area contributed by atoms with Gasteiger partial charge in [0.05, 0.1) is 11.6 Å². The van der Waals surface area contributed by atoms with E-state index in [1.165, 1.54) is 16.7 Å². The number of benzene rings is 1. The van der Waals surface area contributed by atoms with Gasteiger partial charge in [0.25, 0.3) is 5.56 Å². The first-order valence-electron chi connectivity index (χ1n) is 6.25. The van der Waals surface area contributed by atoms with E-state index in [0.29, 0.717) is 12.1 Å². The predicted molar refractivity (Wildman–Crippen MR) is 72.1 cm³/mol. The number of piperidine rings is 1. The molecular formula is C13H13ClFN3O. The van der Waals surface area contributed by atoms with Crippen LogP contribution < -0.4 is 10.9 Å². The fraction of sp³-hybridized carbons (Fsp3) is 0.385. The van der Waals surface area contributed by atoms with Crippen molar-refractivity contribution in [2.45, 2.75) is 18.9 Å². The molecule has 0 aliphatic carbocycles. The molecule has 100 valence electrons. The van der Waals surface area contributed by atoms with Crippen molar-refractivity contribution in [1.29, 1.82) is 0 Å². The molecule has 1 aromatic heterocycles. The van der Waals surface area contributed by atoms with Gasteiger partial charge in [-0.05, 0) is 43.1 Å². The molecule has 19 heavy (non-hydrogen) atoms. The number of aromatic nitrogens is 2. The summed E-state index contributed by atoms with van der Waals surface area (Å²) in [6, 6.07) is 4.32. The number of halogens is 2. The molecule has 4 nitrogen and oxygen atoms in total. The zero-order valence-corrected chi connectivity index (χ0v) is 11.0. The maximum atomic E-state index is 13.8. The maximum absolute atomic E-state index is 13.8. The van der Waals surface area contributed by atoms with Gasteiger partial charge in [-0.3, -0.25) is 9.36 Å². The molecule has 1 aliphatic rings. The topological polar surface area (TPSA) is 46.9 Å². The molecule has 1 aliphatic heterocycles. The van der Waals surface area contributed by atoms with E-state index in [9.17, 15) is 9.18 Å². The van der Waals surface area contributed by atoms with Crippen LogP contribution in [0.25, 0.3) is 10.9 Å². The molecule has 6 heteroatoms. The van der Waals surface area contributed by atoms with E-state index in [0.717, 1.165) is 19.4 Å². The van der Waals surface area contributed by atoms with Gasteiger partial charge in [-0.15, -0.1) is 0 Å². The average molecular weight is 282 g/mol.